The molecule has 0 aliphatic heterocycles. The number of rotatable bonds is 8. The topological polar surface area (TPSA) is 22.3 Å². The van der Waals surface area contributed by atoms with E-state index in [4.69, 9.17) is 0 Å². The number of anilines is 6. The number of aromatic amines is 1. The van der Waals surface area contributed by atoms with Gasteiger partial charge in [0, 0.05) is 44.7 Å². The van der Waals surface area contributed by atoms with Gasteiger partial charge in [0.15, 0.2) is 0 Å². The lowest BCUT2D eigenvalue weighted by atomic mass is 10.0. The summed E-state index contributed by atoms with van der Waals surface area (Å²) in [5.74, 6) is 0. The highest BCUT2D eigenvalue weighted by atomic mass is 15.2. The number of hydrogen-bond acceptors (Lipinski definition) is 2. The fourth-order valence-corrected chi connectivity index (χ4v) is 7.16. The van der Waals surface area contributed by atoms with Crippen LogP contribution < -0.4 is 9.80 Å². The van der Waals surface area contributed by atoms with Crippen LogP contribution in [0.3, 0.4) is 0 Å². The predicted octanol–water partition coefficient (Wildman–Crippen LogP) is 13.6. The Bertz CT molecular complexity index is 2580. The van der Waals surface area contributed by atoms with E-state index in [1.54, 1.807) is 0 Å². The average molecular weight is 654 g/mol. The Labute approximate surface area is 298 Å². The van der Waals surface area contributed by atoms with Crippen LogP contribution in [0.25, 0.3) is 44.1 Å². The first kappa shape index (κ1) is 30.2. The van der Waals surface area contributed by atoms with E-state index in [1.165, 1.54) is 33.0 Å². The quantitative estimate of drug-likeness (QED) is 0.176. The lowest BCUT2D eigenvalue weighted by molar-refractivity contribution is 1.26. The molecule has 0 spiro atoms. The highest BCUT2D eigenvalue weighted by Gasteiger charge is 2.23. The minimum absolute atomic E-state index is 1.07. The smallest absolute Gasteiger partial charge is 0.0724 e. The molecule has 0 saturated heterocycles. The molecule has 0 unspecified atom stereocenters. The van der Waals surface area contributed by atoms with Gasteiger partial charge < -0.3 is 14.8 Å². The second-order valence-electron chi connectivity index (χ2n) is 12.7. The molecule has 3 heteroatoms. The summed E-state index contributed by atoms with van der Waals surface area (Å²) in [6, 6.07) is 73.5. The maximum Gasteiger partial charge on any atom is 0.0724 e. The number of benzene rings is 8. The van der Waals surface area contributed by atoms with E-state index in [2.05, 4.69) is 221 Å². The average Bonchev–Trinajstić information content (AvgIpc) is 3.59. The summed E-state index contributed by atoms with van der Waals surface area (Å²) in [7, 11) is 0. The zero-order valence-corrected chi connectivity index (χ0v) is 28.0. The molecule has 1 aromatic heterocycles. The third kappa shape index (κ3) is 5.81. The van der Waals surface area contributed by atoms with Gasteiger partial charge in [-0.15, -0.1) is 0 Å². The predicted molar refractivity (Wildman–Crippen MR) is 216 cm³/mol. The first-order valence-electron chi connectivity index (χ1n) is 17.4. The molecule has 0 atom stereocenters. The van der Waals surface area contributed by atoms with Crippen LogP contribution in [0, 0.1) is 0 Å². The van der Waals surface area contributed by atoms with E-state index in [0.717, 1.165) is 45.2 Å². The molecule has 0 bridgehead atoms. The van der Waals surface area contributed by atoms with Crippen molar-refractivity contribution < 1.29 is 0 Å². The van der Waals surface area contributed by atoms with Crippen molar-refractivity contribution in [2.45, 2.75) is 0 Å². The summed E-state index contributed by atoms with van der Waals surface area (Å²) >= 11 is 0. The minimum Gasteiger partial charge on any atom is -0.353 e. The minimum atomic E-state index is 1.07. The molecular weight excluding hydrogens is 619 g/mol. The standard InChI is InChI=1S/C48H35N3/c1-5-17-35(18-6-1)37-21-15-27-41(31-37)50(39-23-9-3-10-24-39)43-33-45-44-29-13-14-30-46(44)49-48(45)47(34-43)51(40-25-11-4-12-26-40)42-28-16-22-38(32-42)36-19-7-2-8-20-36/h1-34,49H. The van der Waals surface area contributed by atoms with E-state index in [-0.39, 0.29) is 0 Å². The molecule has 0 amide bonds. The summed E-state index contributed by atoms with van der Waals surface area (Å²) in [6.07, 6.45) is 0. The number of fused-ring (bicyclic) bond motifs is 3. The lowest BCUT2D eigenvalue weighted by Crippen LogP contribution is -2.14. The Balaban J connectivity index is 1.32. The number of H-pyrrole nitrogens is 1. The SMILES string of the molecule is c1ccc(-c2cccc(N(c3ccccc3)c3cc(N(c4ccccc4)c4cccc(-c5ccccc5)c4)c4[nH]c5ccccc5c4c3)c2)cc1. The largest absolute Gasteiger partial charge is 0.353 e. The van der Waals surface area contributed by atoms with Crippen molar-refractivity contribution in [3.05, 3.63) is 206 Å². The van der Waals surface area contributed by atoms with E-state index in [0.29, 0.717) is 0 Å². The van der Waals surface area contributed by atoms with Crippen molar-refractivity contribution in [1.29, 1.82) is 0 Å². The van der Waals surface area contributed by atoms with E-state index in [1.807, 2.05) is 0 Å². The normalized spacial score (nSPS) is 11.1. The van der Waals surface area contributed by atoms with Gasteiger partial charge in [-0.3, -0.25) is 0 Å². The third-order valence-electron chi connectivity index (χ3n) is 9.53. The summed E-state index contributed by atoms with van der Waals surface area (Å²) in [5, 5.41) is 2.35. The number of nitrogens with zero attached hydrogens (tertiary/aromatic N) is 2. The molecule has 1 heterocycles. The first-order valence-corrected chi connectivity index (χ1v) is 17.4. The lowest BCUT2D eigenvalue weighted by Gasteiger charge is -2.30. The molecule has 8 aromatic carbocycles. The van der Waals surface area contributed by atoms with Gasteiger partial charge >= 0.3 is 0 Å². The Kier molecular flexibility index (Phi) is 7.84. The molecule has 9 rings (SSSR count). The molecule has 0 aliphatic rings. The molecule has 0 fully saturated rings. The van der Waals surface area contributed by atoms with E-state index < -0.39 is 0 Å². The van der Waals surface area contributed by atoms with Crippen LogP contribution in [0.2, 0.25) is 0 Å². The van der Waals surface area contributed by atoms with Crippen molar-refractivity contribution in [3.63, 3.8) is 0 Å². The number of nitrogens with one attached hydrogen (secondary N) is 1. The van der Waals surface area contributed by atoms with Gasteiger partial charge in [0.25, 0.3) is 0 Å². The van der Waals surface area contributed by atoms with Crippen LogP contribution in [-0.4, -0.2) is 4.98 Å². The summed E-state index contributed by atoms with van der Waals surface area (Å²) in [4.78, 5) is 8.59. The maximum absolute atomic E-state index is 3.83. The van der Waals surface area contributed by atoms with E-state index in [9.17, 15) is 0 Å². The number of aromatic nitrogens is 1. The highest BCUT2D eigenvalue weighted by Crippen LogP contribution is 2.46. The van der Waals surface area contributed by atoms with Crippen LogP contribution in [0.4, 0.5) is 34.1 Å². The zero-order chi connectivity index (χ0) is 34.0. The zero-order valence-electron chi connectivity index (χ0n) is 28.0. The third-order valence-corrected chi connectivity index (χ3v) is 9.53. The molecule has 0 saturated carbocycles. The van der Waals surface area contributed by atoms with Crippen molar-refractivity contribution in [3.8, 4) is 22.3 Å². The van der Waals surface area contributed by atoms with E-state index >= 15 is 0 Å². The Morgan fingerprint density at radius 3 is 1.33 bits per heavy atom. The Hall–Kier alpha value is -6.84. The van der Waals surface area contributed by atoms with Gasteiger partial charge in [0.1, 0.15) is 0 Å². The van der Waals surface area contributed by atoms with Gasteiger partial charge in [0.2, 0.25) is 0 Å². The maximum atomic E-state index is 3.83. The van der Waals surface area contributed by atoms with Crippen molar-refractivity contribution >= 4 is 55.9 Å². The molecule has 9 aromatic rings. The highest BCUT2D eigenvalue weighted by molar-refractivity contribution is 6.14. The molecule has 3 nitrogen and oxygen atoms in total. The van der Waals surface area contributed by atoms with Crippen LogP contribution in [0.15, 0.2) is 206 Å². The van der Waals surface area contributed by atoms with Gasteiger partial charge in [-0.2, -0.15) is 0 Å². The molecule has 0 radical (unpaired) electrons. The Morgan fingerprint density at radius 2 is 0.745 bits per heavy atom. The number of para-hydroxylation sites is 3. The van der Waals surface area contributed by atoms with Gasteiger partial charge in [-0.1, -0.05) is 140 Å². The molecule has 242 valence electrons. The first-order chi connectivity index (χ1) is 25.3. The van der Waals surface area contributed by atoms with Gasteiger partial charge in [-0.25, -0.2) is 0 Å². The fraction of sp³-hybridized carbons (Fsp3) is 0. The second-order valence-corrected chi connectivity index (χ2v) is 12.7. The van der Waals surface area contributed by atoms with Gasteiger partial charge in [-0.05, 0) is 89.0 Å². The summed E-state index contributed by atoms with van der Waals surface area (Å²) in [6.45, 7) is 0. The van der Waals surface area contributed by atoms with Crippen LogP contribution in [0.1, 0.15) is 0 Å². The monoisotopic (exact) mass is 653 g/mol. The Morgan fingerprint density at radius 1 is 0.294 bits per heavy atom. The van der Waals surface area contributed by atoms with Crippen molar-refractivity contribution in [1.82, 2.24) is 4.98 Å². The van der Waals surface area contributed by atoms with Crippen molar-refractivity contribution in [2.75, 3.05) is 9.80 Å². The van der Waals surface area contributed by atoms with Crippen LogP contribution in [-0.2, 0) is 0 Å². The molecule has 51 heavy (non-hydrogen) atoms. The second kappa shape index (κ2) is 13.2. The fourth-order valence-electron chi connectivity index (χ4n) is 7.16. The van der Waals surface area contributed by atoms with Crippen molar-refractivity contribution in [2.24, 2.45) is 0 Å². The van der Waals surface area contributed by atoms with Gasteiger partial charge in [0.05, 0.1) is 11.2 Å². The summed E-state index contributed by atoms with van der Waals surface area (Å²) < 4.78 is 0. The molecular formula is C48H35N3. The molecule has 1 N–H and O–H groups in total. The van der Waals surface area contributed by atoms with Crippen LogP contribution in [0.5, 0.6) is 0 Å². The number of hydrogen-bond donors (Lipinski definition) is 1. The molecule has 0 aliphatic carbocycles. The summed E-state index contributed by atoms with van der Waals surface area (Å²) in [5.41, 5.74) is 13.4. The van der Waals surface area contributed by atoms with Crippen LogP contribution >= 0.6 is 0 Å².